The number of para-hydroxylation sites is 1. The highest BCUT2D eigenvalue weighted by atomic mass is 16.5. The predicted molar refractivity (Wildman–Crippen MR) is 84.1 cm³/mol. The van der Waals surface area contributed by atoms with E-state index in [1.54, 1.807) is 6.08 Å². The molecule has 1 fully saturated rings. The van der Waals surface area contributed by atoms with E-state index in [4.69, 9.17) is 4.74 Å². The van der Waals surface area contributed by atoms with Crippen LogP contribution in [0.25, 0.3) is 0 Å². The summed E-state index contributed by atoms with van der Waals surface area (Å²) in [5.74, 6) is 0.955. The molecule has 20 heavy (non-hydrogen) atoms. The molecule has 1 saturated heterocycles. The first kappa shape index (κ1) is 15.1. The van der Waals surface area contributed by atoms with Crippen LogP contribution in [0.4, 0.5) is 0 Å². The molecule has 1 aromatic carbocycles. The molecular weight excluding hydrogens is 248 g/mol. The van der Waals surface area contributed by atoms with Crippen LogP contribution in [0, 0.1) is 0 Å². The predicted octanol–water partition coefficient (Wildman–Crippen LogP) is 2.83. The highest BCUT2D eigenvalue weighted by molar-refractivity contribution is 5.33. The smallest absolute Gasteiger partial charge is 0.124 e. The van der Waals surface area contributed by atoms with Crippen LogP contribution in [0.3, 0.4) is 0 Å². The number of hydrogen-bond donors (Lipinski definition) is 1. The number of benzene rings is 1. The van der Waals surface area contributed by atoms with Gasteiger partial charge in [-0.2, -0.15) is 0 Å². The van der Waals surface area contributed by atoms with Gasteiger partial charge in [0.05, 0.1) is 0 Å². The summed E-state index contributed by atoms with van der Waals surface area (Å²) in [6.45, 7) is 7.38. The van der Waals surface area contributed by atoms with E-state index in [-0.39, 0.29) is 0 Å². The van der Waals surface area contributed by atoms with Crippen molar-refractivity contribution in [1.82, 2.24) is 10.2 Å². The van der Waals surface area contributed by atoms with Gasteiger partial charge < -0.3 is 15.0 Å². The van der Waals surface area contributed by atoms with Crippen molar-refractivity contribution in [2.24, 2.45) is 0 Å². The number of rotatable bonds is 7. The highest BCUT2D eigenvalue weighted by Crippen LogP contribution is 2.18. The molecule has 1 aliphatic rings. The Bertz CT molecular complexity index is 419. The fourth-order valence-corrected chi connectivity index (χ4v) is 2.71. The number of piperidine rings is 1. The first-order chi connectivity index (χ1) is 9.81. The van der Waals surface area contributed by atoms with Gasteiger partial charge in [-0.25, -0.2) is 0 Å². The van der Waals surface area contributed by atoms with Crippen molar-refractivity contribution >= 4 is 0 Å². The lowest BCUT2D eigenvalue weighted by atomic mass is 10.0. The van der Waals surface area contributed by atoms with Crippen molar-refractivity contribution in [3.05, 3.63) is 42.5 Å². The molecule has 1 aromatic rings. The third-order valence-corrected chi connectivity index (χ3v) is 3.95. The minimum atomic E-state index is 0.558. The molecule has 0 spiro atoms. The maximum absolute atomic E-state index is 5.68. The van der Waals surface area contributed by atoms with E-state index in [9.17, 15) is 0 Å². The minimum absolute atomic E-state index is 0.558. The van der Waals surface area contributed by atoms with Crippen molar-refractivity contribution < 1.29 is 4.74 Å². The van der Waals surface area contributed by atoms with Gasteiger partial charge in [0.25, 0.3) is 0 Å². The second-order valence-corrected chi connectivity index (χ2v) is 5.47. The Kier molecular flexibility index (Phi) is 6.09. The minimum Gasteiger partial charge on any atom is -0.489 e. The second kappa shape index (κ2) is 8.08. The van der Waals surface area contributed by atoms with E-state index in [1.807, 2.05) is 12.1 Å². The Morgan fingerprint density at radius 1 is 1.40 bits per heavy atom. The molecule has 110 valence electrons. The van der Waals surface area contributed by atoms with Crippen LogP contribution in [-0.2, 0) is 6.54 Å². The zero-order valence-electron chi connectivity index (χ0n) is 12.5. The topological polar surface area (TPSA) is 24.5 Å². The molecule has 1 heterocycles. The normalized spacial score (nSPS) is 19.8. The third kappa shape index (κ3) is 4.36. The largest absolute Gasteiger partial charge is 0.489 e. The number of nitrogens with one attached hydrogen (secondary N) is 1. The number of hydrogen-bond acceptors (Lipinski definition) is 3. The van der Waals surface area contributed by atoms with E-state index in [0.29, 0.717) is 12.6 Å². The molecular formula is C17H26N2O. The maximum atomic E-state index is 5.68. The Balaban J connectivity index is 1.82. The van der Waals surface area contributed by atoms with Crippen molar-refractivity contribution in [3.63, 3.8) is 0 Å². The summed E-state index contributed by atoms with van der Waals surface area (Å²) in [6, 6.07) is 8.88. The molecule has 3 nitrogen and oxygen atoms in total. The Labute approximate surface area is 122 Å². The Hall–Kier alpha value is -1.32. The van der Waals surface area contributed by atoms with E-state index in [0.717, 1.165) is 18.8 Å². The zero-order valence-corrected chi connectivity index (χ0v) is 12.5. The summed E-state index contributed by atoms with van der Waals surface area (Å²) in [5.41, 5.74) is 1.22. The first-order valence-electron chi connectivity index (χ1n) is 7.54. The van der Waals surface area contributed by atoms with Gasteiger partial charge in [0.15, 0.2) is 0 Å². The number of likely N-dealkylation sites (N-methyl/N-ethyl adjacent to an activating group) is 1. The van der Waals surface area contributed by atoms with Crippen LogP contribution in [0.1, 0.15) is 24.8 Å². The van der Waals surface area contributed by atoms with Gasteiger partial charge in [0.1, 0.15) is 12.4 Å². The molecule has 2 rings (SSSR count). The van der Waals surface area contributed by atoms with Gasteiger partial charge in [-0.1, -0.05) is 37.3 Å². The summed E-state index contributed by atoms with van der Waals surface area (Å²) in [5, 5.41) is 3.57. The number of nitrogens with zero attached hydrogens (tertiary/aromatic N) is 1. The monoisotopic (exact) mass is 274 g/mol. The van der Waals surface area contributed by atoms with Gasteiger partial charge >= 0.3 is 0 Å². The van der Waals surface area contributed by atoms with Gasteiger partial charge in [-0.3, -0.25) is 0 Å². The number of likely N-dealkylation sites (tertiary alicyclic amines) is 1. The van der Waals surface area contributed by atoms with E-state index in [1.165, 1.54) is 31.4 Å². The average Bonchev–Trinajstić information content (AvgIpc) is 2.48. The summed E-state index contributed by atoms with van der Waals surface area (Å²) < 4.78 is 5.68. The summed E-state index contributed by atoms with van der Waals surface area (Å²) in [4.78, 5) is 2.47. The fraction of sp³-hybridized carbons (Fsp3) is 0.529. The zero-order chi connectivity index (χ0) is 14.2. The SMILES string of the molecule is C=CCOc1ccccc1CNCC1CCCCN1C. The lowest BCUT2D eigenvalue weighted by Gasteiger charge is -2.32. The summed E-state index contributed by atoms with van der Waals surface area (Å²) in [6.07, 6.45) is 5.78. The van der Waals surface area contributed by atoms with Crippen molar-refractivity contribution in [1.29, 1.82) is 0 Å². The maximum Gasteiger partial charge on any atom is 0.124 e. The van der Waals surface area contributed by atoms with Gasteiger partial charge in [0.2, 0.25) is 0 Å². The first-order valence-corrected chi connectivity index (χ1v) is 7.54. The van der Waals surface area contributed by atoms with Crippen LogP contribution in [0.2, 0.25) is 0 Å². The molecule has 1 unspecified atom stereocenters. The molecule has 0 amide bonds. The second-order valence-electron chi connectivity index (χ2n) is 5.47. The molecule has 0 radical (unpaired) electrons. The fourth-order valence-electron chi connectivity index (χ4n) is 2.71. The van der Waals surface area contributed by atoms with Gasteiger partial charge in [-0.15, -0.1) is 0 Å². The highest BCUT2D eigenvalue weighted by Gasteiger charge is 2.18. The van der Waals surface area contributed by atoms with Crippen LogP contribution in [-0.4, -0.2) is 37.7 Å². The molecule has 1 N–H and O–H groups in total. The molecule has 0 bridgehead atoms. The number of ether oxygens (including phenoxy) is 1. The third-order valence-electron chi connectivity index (χ3n) is 3.95. The molecule has 0 aromatic heterocycles. The molecule has 0 saturated carbocycles. The molecule has 3 heteroatoms. The van der Waals surface area contributed by atoms with Crippen molar-refractivity contribution in [2.75, 3.05) is 26.7 Å². The van der Waals surface area contributed by atoms with E-state index in [2.05, 4.69) is 36.0 Å². The molecule has 1 aliphatic heterocycles. The lowest BCUT2D eigenvalue weighted by molar-refractivity contribution is 0.181. The summed E-state index contributed by atoms with van der Waals surface area (Å²) in [7, 11) is 2.23. The molecule has 1 atom stereocenters. The lowest BCUT2D eigenvalue weighted by Crippen LogP contribution is -2.42. The van der Waals surface area contributed by atoms with Crippen molar-refractivity contribution in [2.45, 2.75) is 31.8 Å². The van der Waals surface area contributed by atoms with Crippen LogP contribution < -0.4 is 10.1 Å². The quantitative estimate of drug-likeness (QED) is 0.774. The standard InChI is InChI=1S/C17H26N2O/c1-3-12-20-17-10-5-4-8-15(17)13-18-14-16-9-6-7-11-19(16)2/h3-5,8,10,16,18H,1,6-7,9,11-14H2,2H3. The molecule has 0 aliphatic carbocycles. The Morgan fingerprint density at radius 2 is 2.25 bits per heavy atom. The van der Waals surface area contributed by atoms with Gasteiger partial charge in [0, 0.05) is 24.7 Å². The summed E-state index contributed by atoms with van der Waals surface area (Å²) >= 11 is 0. The van der Waals surface area contributed by atoms with Gasteiger partial charge in [-0.05, 0) is 32.5 Å². The average molecular weight is 274 g/mol. The van der Waals surface area contributed by atoms with Crippen LogP contribution >= 0.6 is 0 Å². The van der Waals surface area contributed by atoms with Crippen LogP contribution in [0.15, 0.2) is 36.9 Å². The van der Waals surface area contributed by atoms with Crippen molar-refractivity contribution in [3.8, 4) is 5.75 Å². The van der Waals surface area contributed by atoms with E-state index < -0.39 is 0 Å². The van der Waals surface area contributed by atoms with E-state index >= 15 is 0 Å². The van der Waals surface area contributed by atoms with Crippen LogP contribution in [0.5, 0.6) is 5.75 Å². The Morgan fingerprint density at radius 3 is 3.05 bits per heavy atom.